The third-order valence-corrected chi connectivity index (χ3v) is 2.46. The molecule has 2 N–H and O–H groups in total. The largest absolute Gasteiger partial charge is 0.478 e. The minimum Gasteiger partial charge on any atom is -0.478 e. The zero-order chi connectivity index (χ0) is 13.8. The lowest BCUT2D eigenvalue weighted by Crippen LogP contribution is -2.16. The summed E-state index contributed by atoms with van der Waals surface area (Å²) in [5, 5.41) is 11.5. The molecule has 1 heterocycles. The summed E-state index contributed by atoms with van der Waals surface area (Å²) in [5.74, 6) is -1.44. The fourth-order valence-electron chi connectivity index (χ4n) is 1.63. The van der Waals surface area contributed by atoms with Crippen LogP contribution in [0.15, 0.2) is 34.9 Å². The standard InChI is InChI=1S/C13H12N2O4/c1-8-7-19-13(14-8)15-11(16)6-9-4-2-3-5-10(9)12(17)18/h2-5,7H,6H2,1H3,(H,17,18)(H,14,15,16). The van der Waals surface area contributed by atoms with E-state index in [1.807, 2.05) is 0 Å². The summed E-state index contributed by atoms with van der Waals surface area (Å²) in [7, 11) is 0. The molecular weight excluding hydrogens is 248 g/mol. The predicted octanol–water partition coefficient (Wildman–Crippen LogP) is 1.86. The number of nitrogens with one attached hydrogen (secondary N) is 1. The second kappa shape index (κ2) is 5.34. The lowest BCUT2D eigenvalue weighted by Gasteiger charge is -2.05. The molecule has 0 fully saturated rings. The van der Waals surface area contributed by atoms with Crippen molar-refractivity contribution in [1.29, 1.82) is 0 Å². The van der Waals surface area contributed by atoms with E-state index in [4.69, 9.17) is 9.52 Å². The van der Waals surface area contributed by atoms with E-state index in [1.165, 1.54) is 12.3 Å². The van der Waals surface area contributed by atoms with Gasteiger partial charge in [0.25, 0.3) is 0 Å². The Kier molecular flexibility index (Phi) is 3.61. The average molecular weight is 260 g/mol. The zero-order valence-corrected chi connectivity index (χ0v) is 10.2. The van der Waals surface area contributed by atoms with Gasteiger partial charge in [-0.25, -0.2) is 4.79 Å². The Bertz CT molecular complexity index is 619. The quantitative estimate of drug-likeness (QED) is 0.875. The summed E-state index contributed by atoms with van der Waals surface area (Å²) < 4.78 is 4.99. The van der Waals surface area contributed by atoms with Crippen molar-refractivity contribution in [3.63, 3.8) is 0 Å². The number of carbonyl (C=O) groups is 2. The fourth-order valence-corrected chi connectivity index (χ4v) is 1.63. The molecule has 0 saturated heterocycles. The zero-order valence-electron chi connectivity index (χ0n) is 10.2. The Morgan fingerprint density at radius 1 is 1.37 bits per heavy atom. The summed E-state index contributed by atoms with van der Waals surface area (Å²) in [6.45, 7) is 1.74. The number of carbonyl (C=O) groups excluding carboxylic acids is 1. The molecule has 0 radical (unpaired) electrons. The maximum Gasteiger partial charge on any atom is 0.335 e. The van der Waals surface area contributed by atoms with E-state index in [-0.39, 0.29) is 23.9 Å². The minimum absolute atomic E-state index is 0.0517. The molecule has 98 valence electrons. The molecule has 0 unspecified atom stereocenters. The molecule has 6 nitrogen and oxygen atoms in total. The molecule has 1 aromatic carbocycles. The van der Waals surface area contributed by atoms with E-state index in [0.29, 0.717) is 11.3 Å². The highest BCUT2D eigenvalue weighted by Gasteiger charge is 2.13. The van der Waals surface area contributed by atoms with Crippen molar-refractivity contribution in [2.45, 2.75) is 13.3 Å². The summed E-state index contributed by atoms with van der Waals surface area (Å²) in [6, 6.07) is 6.46. The molecule has 1 aromatic heterocycles. The van der Waals surface area contributed by atoms with Gasteiger partial charge in [0, 0.05) is 0 Å². The Morgan fingerprint density at radius 3 is 2.74 bits per heavy atom. The van der Waals surface area contributed by atoms with Gasteiger partial charge in [0.1, 0.15) is 6.26 Å². The second-order valence-corrected chi connectivity index (χ2v) is 3.98. The SMILES string of the molecule is Cc1coc(NC(=O)Cc2ccccc2C(=O)O)n1. The summed E-state index contributed by atoms with van der Waals surface area (Å²) in [6.07, 6.45) is 1.37. The van der Waals surface area contributed by atoms with E-state index < -0.39 is 5.97 Å². The molecule has 2 aromatic rings. The number of rotatable bonds is 4. The van der Waals surface area contributed by atoms with Gasteiger partial charge in [-0.2, -0.15) is 4.98 Å². The normalized spacial score (nSPS) is 10.2. The third kappa shape index (κ3) is 3.19. The summed E-state index contributed by atoms with van der Waals surface area (Å²) >= 11 is 0. The van der Waals surface area contributed by atoms with Crippen molar-refractivity contribution < 1.29 is 19.1 Å². The molecule has 19 heavy (non-hydrogen) atoms. The van der Waals surface area contributed by atoms with Crippen molar-refractivity contribution >= 4 is 17.9 Å². The van der Waals surface area contributed by atoms with Crippen LogP contribution in [-0.2, 0) is 11.2 Å². The van der Waals surface area contributed by atoms with Crippen LogP contribution in [0.2, 0.25) is 0 Å². The monoisotopic (exact) mass is 260 g/mol. The van der Waals surface area contributed by atoms with Crippen LogP contribution in [-0.4, -0.2) is 22.0 Å². The first-order valence-electron chi connectivity index (χ1n) is 5.59. The van der Waals surface area contributed by atoms with Gasteiger partial charge in [-0.3, -0.25) is 10.1 Å². The number of hydrogen-bond donors (Lipinski definition) is 2. The molecule has 0 bridgehead atoms. The van der Waals surface area contributed by atoms with Crippen LogP contribution in [0.3, 0.4) is 0 Å². The van der Waals surface area contributed by atoms with E-state index in [9.17, 15) is 9.59 Å². The molecular formula is C13H12N2O4. The van der Waals surface area contributed by atoms with Gasteiger partial charge in [-0.15, -0.1) is 0 Å². The van der Waals surface area contributed by atoms with Gasteiger partial charge in [0.05, 0.1) is 17.7 Å². The first kappa shape index (κ1) is 12.8. The molecule has 0 atom stereocenters. The lowest BCUT2D eigenvalue weighted by molar-refractivity contribution is -0.115. The number of hydrogen-bond acceptors (Lipinski definition) is 4. The maximum absolute atomic E-state index is 11.8. The molecule has 0 aliphatic rings. The highest BCUT2D eigenvalue weighted by atomic mass is 16.4. The van der Waals surface area contributed by atoms with Crippen LogP contribution in [0.4, 0.5) is 6.01 Å². The molecule has 6 heteroatoms. The van der Waals surface area contributed by atoms with Gasteiger partial charge in [0.2, 0.25) is 5.91 Å². The maximum atomic E-state index is 11.8. The highest BCUT2D eigenvalue weighted by Crippen LogP contribution is 2.11. The molecule has 2 rings (SSSR count). The van der Waals surface area contributed by atoms with E-state index >= 15 is 0 Å². The number of nitrogens with zero attached hydrogens (tertiary/aromatic N) is 1. The number of carboxylic acids is 1. The minimum atomic E-state index is -1.06. The second-order valence-electron chi connectivity index (χ2n) is 3.98. The lowest BCUT2D eigenvalue weighted by atomic mass is 10.0. The number of aryl methyl sites for hydroxylation is 1. The molecule has 1 amide bonds. The van der Waals surface area contributed by atoms with Gasteiger partial charge in [-0.1, -0.05) is 18.2 Å². The van der Waals surface area contributed by atoms with Gasteiger partial charge >= 0.3 is 12.0 Å². The van der Waals surface area contributed by atoms with Gasteiger partial charge in [0.15, 0.2) is 0 Å². The predicted molar refractivity (Wildman–Crippen MR) is 67.0 cm³/mol. The highest BCUT2D eigenvalue weighted by molar-refractivity contribution is 5.95. The fraction of sp³-hybridized carbons (Fsp3) is 0.154. The molecule has 0 saturated carbocycles. The van der Waals surface area contributed by atoms with Gasteiger partial charge in [-0.05, 0) is 18.6 Å². The van der Waals surface area contributed by atoms with E-state index in [0.717, 1.165) is 0 Å². The van der Waals surface area contributed by atoms with E-state index in [2.05, 4.69) is 10.3 Å². The van der Waals surface area contributed by atoms with Crippen LogP contribution in [0.5, 0.6) is 0 Å². The average Bonchev–Trinajstić information content (AvgIpc) is 2.75. The Morgan fingerprint density at radius 2 is 2.11 bits per heavy atom. The van der Waals surface area contributed by atoms with Crippen LogP contribution in [0, 0.1) is 6.92 Å². The number of anilines is 1. The topological polar surface area (TPSA) is 92.4 Å². The summed E-state index contributed by atoms with van der Waals surface area (Å²) in [5.41, 5.74) is 1.21. The van der Waals surface area contributed by atoms with Crippen molar-refractivity contribution in [3.8, 4) is 0 Å². The number of oxazole rings is 1. The Labute approximate surface area is 109 Å². The van der Waals surface area contributed by atoms with Crippen molar-refractivity contribution in [2.75, 3.05) is 5.32 Å². The first-order chi connectivity index (χ1) is 9.06. The van der Waals surface area contributed by atoms with Crippen molar-refractivity contribution in [1.82, 2.24) is 4.98 Å². The Hall–Kier alpha value is -2.63. The van der Waals surface area contributed by atoms with E-state index in [1.54, 1.807) is 25.1 Å². The number of aromatic nitrogens is 1. The smallest absolute Gasteiger partial charge is 0.335 e. The third-order valence-electron chi connectivity index (χ3n) is 2.46. The van der Waals surface area contributed by atoms with Crippen LogP contribution < -0.4 is 5.32 Å². The van der Waals surface area contributed by atoms with Crippen molar-refractivity contribution in [2.24, 2.45) is 0 Å². The number of carboxylic acid groups (broad SMARTS) is 1. The first-order valence-corrected chi connectivity index (χ1v) is 5.59. The number of amides is 1. The van der Waals surface area contributed by atoms with Crippen LogP contribution >= 0.6 is 0 Å². The molecule has 0 aliphatic heterocycles. The Balaban J connectivity index is 2.09. The van der Waals surface area contributed by atoms with Crippen molar-refractivity contribution in [3.05, 3.63) is 47.3 Å². The number of benzene rings is 1. The number of aromatic carboxylic acids is 1. The molecule has 0 aliphatic carbocycles. The van der Waals surface area contributed by atoms with Crippen LogP contribution in [0.1, 0.15) is 21.6 Å². The van der Waals surface area contributed by atoms with Crippen LogP contribution in [0.25, 0.3) is 0 Å². The molecule has 0 spiro atoms. The summed E-state index contributed by atoms with van der Waals surface area (Å²) in [4.78, 5) is 26.7. The van der Waals surface area contributed by atoms with Gasteiger partial charge < -0.3 is 9.52 Å².